The maximum atomic E-state index is 12.6. The van der Waals surface area contributed by atoms with Crippen LogP contribution in [0.25, 0.3) is 11.0 Å². The van der Waals surface area contributed by atoms with E-state index in [1.54, 1.807) is 6.07 Å². The van der Waals surface area contributed by atoms with E-state index in [1.165, 1.54) is 12.8 Å². The van der Waals surface area contributed by atoms with E-state index in [-0.39, 0.29) is 5.91 Å². The van der Waals surface area contributed by atoms with Crippen LogP contribution in [0.2, 0.25) is 0 Å². The lowest BCUT2D eigenvalue weighted by molar-refractivity contribution is 0.102. The molecule has 7 nitrogen and oxygen atoms in total. The molecule has 1 unspecified atom stereocenters. The van der Waals surface area contributed by atoms with Gasteiger partial charge in [-0.3, -0.25) is 9.48 Å². The fourth-order valence-electron chi connectivity index (χ4n) is 3.92. The monoisotopic (exact) mass is 364 g/mol. The van der Waals surface area contributed by atoms with Crippen LogP contribution in [0.5, 0.6) is 0 Å². The number of carbonyl (C=O) groups excluding carboxylic acids is 1. The van der Waals surface area contributed by atoms with Crippen LogP contribution >= 0.6 is 0 Å². The number of imidazole rings is 1. The summed E-state index contributed by atoms with van der Waals surface area (Å²) in [6.07, 6.45) is 6.57. The minimum absolute atomic E-state index is 0.185. The first-order chi connectivity index (χ1) is 13.2. The Morgan fingerprint density at radius 3 is 2.93 bits per heavy atom. The minimum Gasteiger partial charge on any atom is -0.331 e. The number of hydrogen-bond donors (Lipinski definition) is 2. The van der Waals surface area contributed by atoms with Crippen molar-refractivity contribution < 1.29 is 4.79 Å². The van der Waals surface area contributed by atoms with Gasteiger partial charge in [0.15, 0.2) is 5.69 Å². The fraction of sp³-hybridized carbons (Fsp3) is 0.450. The van der Waals surface area contributed by atoms with Gasteiger partial charge in [0.05, 0.1) is 17.1 Å². The summed E-state index contributed by atoms with van der Waals surface area (Å²) in [5.41, 5.74) is 3.22. The first-order valence-electron chi connectivity index (χ1n) is 9.72. The van der Waals surface area contributed by atoms with Crippen LogP contribution in [0.3, 0.4) is 0 Å². The normalized spacial score (nSPS) is 20.1. The van der Waals surface area contributed by atoms with E-state index in [2.05, 4.69) is 27.3 Å². The molecular formula is C20H24N6O. The van der Waals surface area contributed by atoms with Crippen LogP contribution < -0.4 is 10.6 Å². The van der Waals surface area contributed by atoms with Gasteiger partial charge in [0.2, 0.25) is 0 Å². The molecule has 3 aromatic rings. The summed E-state index contributed by atoms with van der Waals surface area (Å²) in [7, 11) is 2.06. The van der Waals surface area contributed by atoms with Crippen molar-refractivity contribution in [2.75, 3.05) is 18.4 Å². The Morgan fingerprint density at radius 1 is 1.26 bits per heavy atom. The Hall–Kier alpha value is -2.67. The average molecular weight is 364 g/mol. The molecule has 0 bridgehead atoms. The molecule has 27 heavy (non-hydrogen) atoms. The molecule has 1 aromatic carbocycles. The predicted octanol–water partition coefficient (Wildman–Crippen LogP) is 2.82. The van der Waals surface area contributed by atoms with Gasteiger partial charge < -0.3 is 15.2 Å². The molecule has 2 N–H and O–H groups in total. The summed E-state index contributed by atoms with van der Waals surface area (Å²) in [6.45, 7) is 1.96. The van der Waals surface area contributed by atoms with Gasteiger partial charge in [0.25, 0.3) is 5.91 Å². The average Bonchev–Trinajstić information content (AvgIpc) is 3.31. The van der Waals surface area contributed by atoms with Gasteiger partial charge in [-0.15, -0.1) is 0 Å². The molecule has 2 fully saturated rings. The molecule has 2 aromatic heterocycles. The molecular weight excluding hydrogens is 340 g/mol. The highest BCUT2D eigenvalue weighted by Crippen LogP contribution is 2.40. The number of amides is 1. The second-order valence-corrected chi connectivity index (χ2v) is 7.64. The summed E-state index contributed by atoms with van der Waals surface area (Å²) < 4.78 is 4.07. The van der Waals surface area contributed by atoms with E-state index < -0.39 is 0 Å². The number of piperidine rings is 1. The van der Waals surface area contributed by atoms with Crippen molar-refractivity contribution >= 4 is 22.6 Å². The standard InChI is InChI=1S/C20H24N6O/c1-25-18-7-6-14(11-17(18)23-19(25)13-4-5-13)22-20(27)16-8-10-26(24-16)15-3-2-9-21-12-15/h6-8,10-11,13,15,21H,2-5,9,12H2,1H3,(H,22,27). The molecule has 1 amide bonds. The number of fused-ring (bicyclic) bond motifs is 1. The zero-order valence-electron chi connectivity index (χ0n) is 15.5. The summed E-state index contributed by atoms with van der Waals surface area (Å²) in [4.78, 5) is 17.4. The topological polar surface area (TPSA) is 76.8 Å². The number of nitrogens with zero attached hydrogens (tertiary/aromatic N) is 4. The van der Waals surface area contributed by atoms with Gasteiger partial charge in [0.1, 0.15) is 5.82 Å². The van der Waals surface area contributed by atoms with E-state index in [1.807, 2.05) is 29.1 Å². The van der Waals surface area contributed by atoms with Gasteiger partial charge in [-0.1, -0.05) is 0 Å². The SMILES string of the molecule is Cn1c(C2CC2)nc2cc(NC(=O)c3ccn(C4CCCNC4)n3)ccc21. The number of nitrogens with one attached hydrogen (secondary N) is 2. The lowest BCUT2D eigenvalue weighted by Crippen LogP contribution is -2.32. The van der Waals surface area contributed by atoms with Crippen LogP contribution in [-0.2, 0) is 7.05 Å². The zero-order valence-corrected chi connectivity index (χ0v) is 15.5. The largest absolute Gasteiger partial charge is 0.331 e. The molecule has 7 heteroatoms. The van der Waals surface area contributed by atoms with Gasteiger partial charge in [-0.05, 0) is 56.5 Å². The maximum Gasteiger partial charge on any atom is 0.276 e. The number of anilines is 1. The lowest BCUT2D eigenvalue weighted by Gasteiger charge is -2.22. The van der Waals surface area contributed by atoms with Crippen molar-refractivity contribution in [1.29, 1.82) is 0 Å². The maximum absolute atomic E-state index is 12.6. The van der Waals surface area contributed by atoms with Crippen molar-refractivity contribution in [2.45, 2.75) is 37.6 Å². The Bertz CT molecular complexity index is 993. The first kappa shape index (κ1) is 16.5. The van der Waals surface area contributed by atoms with Gasteiger partial charge >= 0.3 is 0 Å². The zero-order chi connectivity index (χ0) is 18.4. The molecule has 1 saturated heterocycles. The summed E-state index contributed by atoms with van der Waals surface area (Å²) in [6, 6.07) is 8.01. The number of aryl methyl sites for hydroxylation is 1. The lowest BCUT2D eigenvalue weighted by atomic mass is 10.1. The third-order valence-corrected chi connectivity index (χ3v) is 5.60. The highest BCUT2D eigenvalue weighted by Gasteiger charge is 2.28. The highest BCUT2D eigenvalue weighted by atomic mass is 16.1. The van der Waals surface area contributed by atoms with E-state index in [9.17, 15) is 4.79 Å². The van der Waals surface area contributed by atoms with E-state index in [4.69, 9.17) is 4.98 Å². The summed E-state index contributed by atoms with van der Waals surface area (Å²) in [5.74, 6) is 1.56. The third kappa shape index (κ3) is 3.12. The van der Waals surface area contributed by atoms with Crippen molar-refractivity contribution in [3.8, 4) is 0 Å². The molecule has 1 aliphatic heterocycles. The number of hydrogen-bond acceptors (Lipinski definition) is 4. The van der Waals surface area contributed by atoms with Gasteiger partial charge in [-0.2, -0.15) is 5.10 Å². The molecule has 0 spiro atoms. The van der Waals surface area contributed by atoms with E-state index >= 15 is 0 Å². The number of benzene rings is 1. The number of aromatic nitrogens is 4. The molecule has 3 heterocycles. The molecule has 1 saturated carbocycles. The van der Waals surface area contributed by atoms with Gasteiger partial charge in [0, 0.05) is 31.4 Å². The number of rotatable bonds is 4. The summed E-state index contributed by atoms with van der Waals surface area (Å²) in [5, 5.41) is 10.8. The van der Waals surface area contributed by atoms with Crippen LogP contribution in [0.1, 0.15) is 54.0 Å². The van der Waals surface area contributed by atoms with E-state index in [0.717, 1.165) is 48.5 Å². The van der Waals surface area contributed by atoms with Crippen LogP contribution in [-0.4, -0.2) is 38.3 Å². The second-order valence-electron chi connectivity index (χ2n) is 7.64. The predicted molar refractivity (Wildman–Crippen MR) is 104 cm³/mol. The Kier molecular flexibility index (Phi) is 3.97. The fourth-order valence-corrected chi connectivity index (χ4v) is 3.92. The van der Waals surface area contributed by atoms with Crippen molar-refractivity contribution in [3.05, 3.63) is 42.0 Å². The molecule has 0 radical (unpaired) electrons. The first-order valence-corrected chi connectivity index (χ1v) is 9.72. The Morgan fingerprint density at radius 2 is 2.15 bits per heavy atom. The Labute approximate surface area is 157 Å². The third-order valence-electron chi connectivity index (χ3n) is 5.60. The number of carbonyl (C=O) groups is 1. The second kappa shape index (κ2) is 6.49. The van der Waals surface area contributed by atoms with Crippen LogP contribution in [0, 0.1) is 0 Å². The quantitative estimate of drug-likeness (QED) is 0.746. The molecule has 1 aliphatic carbocycles. The van der Waals surface area contributed by atoms with Crippen LogP contribution in [0.4, 0.5) is 5.69 Å². The minimum atomic E-state index is -0.185. The van der Waals surface area contributed by atoms with E-state index in [0.29, 0.717) is 17.7 Å². The molecule has 140 valence electrons. The highest BCUT2D eigenvalue weighted by molar-refractivity contribution is 6.03. The summed E-state index contributed by atoms with van der Waals surface area (Å²) >= 11 is 0. The van der Waals surface area contributed by atoms with Crippen molar-refractivity contribution in [3.63, 3.8) is 0 Å². The van der Waals surface area contributed by atoms with Gasteiger partial charge in [-0.25, -0.2) is 4.98 Å². The Balaban J connectivity index is 1.33. The molecule has 1 atom stereocenters. The van der Waals surface area contributed by atoms with Crippen LogP contribution in [0.15, 0.2) is 30.5 Å². The smallest absolute Gasteiger partial charge is 0.276 e. The molecule has 2 aliphatic rings. The molecule has 5 rings (SSSR count). The van der Waals surface area contributed by atoms with Crippen molar-refractivity contribution in [2.24, 2.45) is 7.05 Å². The van der Waals surface area contributed by atoms with Crippen molar-refractivity contribution in [1.82, 2.24) is 24.6 Å².